The maximum atomic E-state index is 12.8. The van der Waals surface area contributed by atoms with Crippen molar-refractivity contribution in [1.82, 2.24) is 30.1 Å². The van der Waals surface area contributed by atoms with Crippen molar-refractivity contribution >= 4 is 44.7 Å². The fourth-order valence-electron chi connectivity index (χ4n) is 5.34. The van der Waals surface area contributed by atoms with E-state index in [0.717, 1.165) is 75.7 Å². The number of fused-ring (bicyclic) bond motifs is 2. The highest BCUT2D eigenvalue weighted by Crippen LogP contribution is 2.36. The fourth-order valence-corrected chi connectivity index (χ4v) is 6.09. The van der Waals surface area contributed by atoms with Crippen LogP contribution >= 0.6 is 11.3 Å². The van der Waals surface area contributed by atoms with Crippen molar-refractivity contribution in [2.24, 2.45) is 5.92 Å². The minimum Gasteiger partial charge on any atom is -0.352 e. The largest absolute Gasteiger partial charge is 0.352 e. The molecule has 0 radical (unpaired) electrons. The molecule has 38 heavy (non-hydrogen) atoms. The molecule has 1 amide bonds. The van der Waals surface area contributed by atoms with Gasteiger partial charge >= 0.3 is 0 Å². The summed E-state index contributed by atoms with van der Waals surface area (Å²) in [5.74, 6) is 0.168. The van der Waals surface area contributed by atoms with Crippen molar-refractivity contribution < 1.29 is 4.79 Å². The molecule has 7 rings (SSSR count). The number of pyridine rings is 3. The van der Waals surface area contributed by atoms with Gasteiger partial charge in [0.15, 0.2) is 0 Å². The number of nitrogens with zero attached hydrogens (tertiary/aromatic N) is 4. The molecule has 1 fully saturated rings. The normalized spacial score (nSPS) is 14.3. The SMILES string of the molecule is O=C(Nc1cncc(-c2cc3c(-c4cc5c(-c6cccs6)cncc5[nH]4)n[nH]c3cn2)c1)C1CCCCC1. The molecule has 0 bridgehead atoms. The van der Waals surface area contributed by atoms with Crippen molar-refractivity contribution in [1.29, 1.82) is 0 Å². The molecule has 1 aliphatic carbocycles. The summed E-state index contributed by atoms with van der Waals surface area (Å²) >= 11 is 1.70. The standard InChI is InChI=1S/C29H25N7OS/c37-29(17-5-2-1-3-6-17)33-19-9-18(12-30-13-19)23-11-21-26(16-32-23)35-36-28(21)24-10-20-22(27-7-4-8-38-27)14-31-15-25(20)34-24/h4,7-17,34H,1-3,5-6H2,(H,33,37)(H,35,36). The van der Waals surface area contributed by atoms with Crippen LogP contribution in [0, 0.1) is 5.92 Å². The number of nitrogens with one attached hydrogen (secondary N) is 3. The molecule has 3 N–H and O–H groups in total. The van der Waals surface area contributed by atoms with Gasteiger partial charge in [0.1, 0.15) is 5.69 Å². The molecule has 0 aromatic carbocycles. The Morgan fingerprint density at radius 2 is 1.84 bits per heavy atom. The molecule has 6 aromatic rings. The third-order valence-electron chi connectivity index (χ3n) is 7.31. The molecule has 188 valence electrons. The Kier molecular flexibility index (Phi) is 5.70. The van der Waals surface area contributed by atoms with Gasteiger partial charge in [0.05, 0.1) is 46.7 Å². The van der Waals surface area contributed by atoms with Crippen LogP contribution in [0.5, 0.6) is 0 Å². The molecular weight excluding hydrogens is 494 g/mol. The minimum absolute atomic E-state index is 0.0828. The maximum Gasteiger partial charge on any atom is 0.227 e. The van der Waals surface area contributed by atoms with Crippen LogP contribution in [0.4, 0.5) is 5.69 Å². The molecule has 0 saturated heterocycles. The van der Waals surface area contributed by atoms with E-state index in [9.17, 15) is 4.79 Å². The fraction of sp³-hybridized carbons (Fsp3) is 0.207. The summed E-state index contributed by atoms with van der Waals surface area (Å²) in [5, 5.41) is 14.9. The van der Waals surface area contributed by atoms with Gasteiger partial charge in [-0.3, -0.25) is 24.8 Å². The third kappa shape index (κ3) is 4.14. The zero-order valence-corrected chi connectivity index (χ0v) is 21.4. The highest BCUT2D eigenvalue weighted by atomic mass is 32.1. The summed E-state index contributed by atoms with van der Waals surface area (Å²) in [6, 6.07) is 10.2. The van der Waals surface area contributed by atoms with Crippen molar-refractivity contribution in [3.63, 3.8) is 0 Å². The third-order valence-corrected chi connectivity index (χ3v) is 8.22. The smallest absolute Gasteiger partial charge is 0.227 e. The molecule has 6 heterocycles. The average molecular weight is 520 g/mol. The van der Waals surface area contributed by atoms with E-state index in [1.54, 1.807) is 29.9 Å². The van der Waals surface area contributed by atoms with Gasteiger partial charge in [-0.15, -0.1) is 11.3 Å². The van der Waals surface area contributed by atoms with Crippen LogP contribution in [0.3, 0.4) is 0 Å². The predicted molar refractivity (Wildman–Crippen MR) is 151 cm³/mol. The van der Waals surface area contributed by atoms with Crippen LogP contribution in [0.15, 0.2) is 66.7 Å². The van der Waals surface area contributed by atoms with Gasteiger partial charge in [-0.1, -0.05) is 25.3 Å². The van der Waals surface area contributed by atoms with Crippen LogP contribution in [0.1, 0.15) is 32.1 Å². The number of anilines is 1. The number of carbonyl (C=O) groups excluding carboxylic acids is 1. The maximum absolute atomic E-state index is 12.8. The molecular formula is C29H25N7OS. The number of hydrogen-bond donors (Lipinski definition) is 3. The van der Waals surface area contributed by atoms with Crippen LogP contribution in [0.25, 0.3) is 54.9 Å². The van der Waals surface area contributed by atoms with E-state index in [0.29, 0.717) is 5.69 Å². The number of aromatic amines is 2. The molecule has 0 unspecified atom stereocenters. The van der Waals surface area contributed by atoms with E-state index in [4.69, 9.17) is 0 Å². The Bertz CT molecular complexity index is 1760. The Morgan fingerprint density at radius 1 is 0.947 bits per heavy atom. The number of carbonyl (C=O) groups is 1. The summed E-state index contributed by atoms with van der Waals surface area (Å²) in [6.07, 6.45) is 14.4. The zero-order valence-electron chi connectivity index (χ0n) is 20.6. The van der Waals surface area contributed by atoms with Crippen LogP contribution in [-0.4, -0.2) is 36.0 Å². The monoisotopic (exact) mass is 519 g/mol. The Labute approximate surface area is 222 Å². The van der Waals surface area contributed by atoms with Crippen molar-refractivity contribution in [2.75, 3.05) is 5.32 Å². The topological polar surface area (TPSA) is 112 Å². The first-order valence-corrected chi connectivity index (χ1v) is 13.7. The van der Waals surface area contributed by atoms with Gasteiger partial charge in [0.2, 0.25) is 5.91 Å². The molecule has 0 aliphatic heterocycles. The first kappa shape index (κ1) is 22.8. The molecule has 9 heteroatoms. The van der Waals surface area contributed by atoms with Gasteiger partial charge in [-0.25, -0.2) is 0 Å². The number of H-pyrrole nitrogens is 2. The molecule has 6 aromatic heterocycles. The summed E-state index contributed by atoms with van der Waals surface area (Å²) < 4.78 is 0. The van der Waals surface area contributed by atoms with Crippen LogP contribution in [-0.2, 0) is 4.79 Å². The second kappa shape index (κ2) is 9.50. The number of hydrogen-bond acceptors (Lipinski definition) is 6. The lowest BCUT2D eigenvalue weighted by Crippen LogP contribution is -2.24. The molecule has 0 spiro atoms. The Balaban J connectivity index is 1.23. The van der Waals surface area contributed by atoms with Gasteiger partial charge in [0, 0.05) is 45.1 Å². The molecule has 0 atom stereocenters. The van der Waals surface area contributed by atoms with E-state index < -0.39 is 0 Å². The number of amides is 1. The summed E-state index contributed by atoms with van der Waals surface area (Å²) in [4.78, 5) is 30.9. The van der Waals surface area contributed by atoms with E-state index in [2.05, 4.69) is 53.0 Å². The second-order valence-corrected chi connectivity index (χ2v) is 10.7. The van der Waals surface area contributed by atoms with Gasteiger partial charge in [-0.2, -0.15) is 5.10 Å². The Morgan fingerprint density at radius 3 is 2.71 bits per heavy atom. The number of aromatic nitrogens is 6. The van der Waals surface area contributed by atoms with E-state index >= 15 is 0 Å². The summed E-state index contributed by atoms with van der Waals surface area (Å²) in [5.41, 5.74) is 6.90. The highest BCUT2D eigenvalue weighted by Gasteiger charge is 2.21. The summed E-state index contributed by atoms with van der Waals surface area (Å²) in [6.45, 7) is 0. The van der Waals surface area contributed by atoms with Crippen LogP contribution < -0.4 is 5.32 Å². The minimum atomic E-state index is 0.0828. The van der Waals surface area contributed by atoms with Crippen molar-refractivity contribution in [3.8, 4) is 33.1 Å². The van der Waals surface area contributed by atoms with Gasteiger partial charge in [0.25, 0.3) is 0 Å². The first-order valence-electron chi connectivity index (χ1n) is 12.8. The molecule has 1 aliphatic rings. The van der Waals surface area contributed by atoms with E-state index in [-0.39, 0.29) is 11.8 Å². The zero-order chi connectivity index (χ0) is 25.5. The van der Waals surface area contributed by atoms with E-state index in [1.165, 1.54) is 11.3 Å². The van der Waals surface area contributed by atoms with Crippen molar-refractivity contribution in [3.05, 3.63) is 66.7 Å². The lowest BCUT2D eigenvalue weighted by Gasteiger charge is -2.20. The second-order valence-electron chi connectivity index (χ2n) is 9.78. The Hall–Kier alpha value is -4.37. The highest BCUT2D eigenvalue weighted by molar-refractivity contribution is 7.13. The first-order chi connectivity index (χ1) is 18.7. The quantitative estimate of drug-likeness (QED) is 0.232. The van der Waals surface area contributed by atoms with Gasteiger partial charge in [-0.05, 0) is 42.5 Å². The number of thiophene rings is 1. The van der Waals surface area contributed by atoms with Crippen LogP contribution in [0.2, 0.25) is 0 Å². The lowest BCUT2D eigenvalue weighted by molar-refractivity contribution is -0.120. The van der Waals surface area contributed by atoms with Gasteiger partial charge < -0.3 is 10.3 Å². The predicted octanol–water partition coefficient (Wildman–Crippen LogP) is 6.81. The van der Waals surface area contributed by atoms with Crippen molar-refractivity contribution in [2.45, 2.75) is 32.1 Å². The lowest BCUT2D eigenvalue weighted by atomic mass is 9.88. The average Bonchev–Trinajstić information content (AvgIpc) is 3.73. The summed E-state index contributed by atoms with van der Waals surface area (Å²) in [7, 11) is 0. The molecule has 8 nitrogen and oxygen atoms in total. The number of rotatable bonds is 5. The molecule has 1 saturated carbocycles. The van der Waals surface area contributed by atoms with E-state index in [1.807, 2.05) is 30.6 Å².